The number of amides is 2. The van der Waals surface area contributed by atoms with E-state index in [0.717, 1.165) is 37.2 Å². The predicted octanol–water partition coefficient (Wildman–Crippen LogP) is 4.50. The minimum Gasteiger partial charge on any atom is -0.423 e. The van der Waals surface area contributed by atoms with E-state index in [1.54, 1.807) is 12.3 Å². The van der Waals surface area contributed by atoms with Crippen molar-refractivity contribution in [2.75, 3.05) is 43.8 Å². The smallest absolute Gasteiger partial charge is 0.302 e. The van der Waals surface area contributed by atoms with Crippen LogP contribution < -0.4 is 11.1 Å². The first-order chi connectivity index (χ1) is 21.0. The zero-order chi connectivity index (χ0) is 29.3. The van der Waals surface area contributed by atoms with Crippen LogP contribution in [0.1, 0.15) is 35.7 Å². The van der Waals surface area contributed by atoms with E-state index < -0.39 is 5.91 Å². The number of nitrogens with two attached hydrogens (primary N) is 1. The molecule has 7 rings (SSSR count). The summed E-state index contributed by atoms with van der Waals surface area (Å²) in [6.07, 6.45) is 9.93. The van der Waals surface area contributed by atoms with Crippen molar-refractivity contribution in [1.29, 1.82) is 0 Å². The lowest BCUT2D eigenvalue weighted by atomic mass is 10.1. The summed E-state index contributed by atoms with van der Waals surface area (Å²) >= 11 is 0. The Bertz CT molecular complexity index is 1840. The van der Waals surface area contributed by atoms with E-state index in [-0.39, 0.29) is 23.8 Å². The molecule has 0 spiro atoms. The van der Waals surface area contributed by atoms with Crippen molar-refractivity contribution in [1.82, 2.24) is 29.3 Å². The van der Waals surface area contributed by atoms with Crippen LogP contribution in [0.4, 0.5) is 11.8 Å². The molecule has 0 unspecified atom stereocenters. The summed E-state index contributed by atoms with van der Waals surface area (Å²) < 4.78 is 7.77. The third-order valence-electron chi connectivity index (χ3n) is 8.29. The number of rotatable bonds is 7. The zero-order valence-corrected chi connectivity index (χ0v) is 23.6. The van der Waals surface area contributed by atoms with Gasteiger partial charge in [0.1, 0.15) is 23.3 Å². The van der Waals surface area contributed by atoms with Gasteiger partial charge in [0.15, 0.2) is 5.58 Å². The second-order valence-electron chi connectivity index (χ2n) is 11.1. The fourth-order valence-electron chi connectivity index (χ4n) is 6.06. The third-order valence-corrected chi connectivity index (χ3v) is 8.29. The number of fused-ring (bicyclic) bond motifs is 2. The van der Waals surface area contributed by atoms with E-state index >= 15 is 0 Å². The Morgan fingerprint density at radius 1 is 1.05 bits per heavy atom. The van der Waals surface area contributed by atoms with Gasteiger partial charge < -0.3 is 19.6 Å². The van der Waals surface area contributed by atoms with Gasteiger partial charge in [-0.1, -0.05) is 42.5 Å². The molecule has 2 fully saturated rings. The van der Waals surface area contributed by atoms with Gasteiger partial charge in [0.05, 0.1) is 17.0 Å². The Balaban J connectivity index is 1.10. The molecule has 2 aliphatic heterocycles. The molecule has 2 aliphatic rings. The van der Waals surface area contributed by atoms with Gasteiger partial charge in [-0.05, 0) is 55.6 Å². The molecule has 0 bridgehead atoms. The predicted molar refractivity (Wildman–Crippen MR) is 164 cm³/mol. The average Bonchev–Trinajstić information content (AvgIpc) is 3.83. The first-order valence-electron chi connectivity index (χ1n) is 14.6. The average molecular weight is 577 g/mol. The summed E-state index contributed by atoms with van der Waals surface area (Å²) in [5.74, 6) is -0.234. The molecule has 2 aromatic carbocycles. The minimum atomic E-state index is -0.434. The standard InChI is InChI=1S/C32H32N8O3/c33-29-28-24(31(42)37-32-36-25-17-22(10-11-26(25)43-32)21-7-2-1-3-8-21)19-40(30(28)35-20-34-29)23-12-16-39(18-23)27(41)9-6-15-38-13-4-5-14-38/h1-3,6-11,17,19-20,23H,4-5,12-16,18H2,(H2,33,34,35)(H,36,37,42)/t23-/m1/s1. The topological polar surface area (TPSA) is 135 Å². The van der Waals surface area contributed by atoms with Crippen molar-refractivity contribution in [2.45, 2.75) is 25.3 Å². The Hall–Kier alpha value is -5.03. The maximum Gasteiger partial charge on any atom is 0.302 e. The summed E-state index contributed by atoms with van der Waals surface area (Å²) in [4.78, 5) is 43.7. The van der Waals surface area contributed by atoms with Crippen molar-refractivity contribution < 1.29 is 14.0 Å². The number of carbonyl (C=O) groups is 2. The lowest BCUT2D eigenvalue weighted by Crippen LogP contribution is -2.28. The van der Waals surface area contributed by atoms with Crippen LogP contribution in [0.3, 0.4) is 0 Å². The maximum absolute atomic E-state index is 13.6. The molecular weight excluding hydrogens is 544 g/mol. The first kappa shape index (κ1) is 26.8. The molecule has 1 atom stereocenters. The molecular formula is C32H32N8O3. The maximum atomic E-state index is 13.6. The van der Waals surface area contributed by atoms with Crippen molar-refractivity contribution in [2.24, 2.45) is 0 Å². The van der Waals surface area contributed by atoms with Gasteiger partial charge in [-0.3, -0.25) is 19.8 Å². The molecule has 218 valence electrons. The fourth-order valence-corrected chi connectivity index (χ4v) is 6.06. The molecule has 0 radical (unpaired) electrons. The highest BCUT2D eigenvalue weighted by atomic mass is 16.4. The lowest BCUT2D eigenvalue weighted by Gasteiger charge is -2.16. The highest BCUT2D eigenvalue weighted by Gasteiger charge is 2.30. The van der Waals surface area contributed by atoms with Gasteiger partial charge in [-0.2, -0.15) is 4.98 Å². The van der Waals surface area contributed by atoms with Crippen molar-refractivity contribution >= 4 is 45.8 Å². The Morgan fingerprint density at radius 2 is 1.88 bits per heavy atom. The number of aromatic nitrogens is 4. The van der Waals surface area contributed by atoms with E-state index in [4.69, 9.17) is 10.2 Å². The van der Waals surface area contributed by atoms with E-state index in [1.807, 2.05) is 64.1 Å². The SMILES string of the molecule is Nc1ncnc2c1c(C(=O)Nc1nc3cc(-c4ccccc4)ccc3o1)cn2[C@@H]1CCN(C(=O)C=CCN2CCCC2)C1. The molecule has 2 saturated heterocycles. The number of likely N-dealkylation sites (tertiary alicyclic amines) is 2. The van der Waals surface area contributed by atoms with Gasteiger partial charge in [-0.25, -0.2) is 9.97 Å². The molecule has 3 N–H and O–H groups in total. The van der Waals surface area contributed by atoms with Gasteiger partial charge in [0.25, 0.3) is 5.91 Å². The number of oxazole rings is 1. The van der Waals surface area contributed by atoms with Crippen LogP contribution in [0.5, 0.6) is 0 Å². The molecule has 11 heteroatoms. The van der Waals surface area contributed by atoms with Crippen molar-refractivity contribution in [3.63, 3.8) is 0 Å². The Kier molecular flexibility index (Phi) is 7.07. The van der Waals surface area contributed by atoms with Gasteiger partial charge in [0, 0.05) is 31.9 Å². The minimum absolute atomic E-state index is 0.00311. The van der Waals surface area contributed by atoms with Crippen LogP contribution in [0, 0.1) is 0 Å². The first-order valence-corrected chi connectivity index (χ1v) is 14.6. The largest absolute Gasteiger partial charge is 0.423 e. The van der Waals surface area contributed by atoms with Gasteiger partial charge >= 0.3 is 6.01 Å². The number of hydrogen-bond acceptors (Lipinski definition) is 8. The van der Waals surface area contributed by atoms with Crippen molar-refractivity contribution in [3.05, 3.63) is 78.8 Å². The number of nitrogens with zero attached hydrogens (tertiary/aromatic N) is 6. The van der Waals surface area contributed by atoms with E-state index in [1.165, 1.54) is 19.2 Å². The van der Waals surface area contributed by atoms with E-state index in [2.05, 4.69) is 25.2 Å². The van der Waals surface area contributed by atoms with Crippen molar-refractivity contribution in [3.8, 4) is 11.1 Å². The van der Waals surface area contributed by atoms with Crippen LogP contribution in [0.25, 0.3) is 33.3 Å². The number of anilines is 2. The van der Waals surface area contributed by atoms with Crippen LogP contribution in [-0.4, -0.2) is 73.9 Å². The highest BCUT2D eigenvalue weighted by molar-refractivity contribution is 6.14. The summed E-state index contributed by atoms with van der Waals surface area (Å²) in [6, 6.07) is 15.7. The van der Waals surface area contributed by atoms with Crippen LogP contribution in [0.2, 0.25) is 0 Å². The summed E-state index contributed by atoms with van der Waals surface area (Å²) in [5, 5.41) is 3.24. The molecule has 5 aromatic rings. The number of hydrogen-bond donors (Lipinski definition) is 2. The van der Waals surface area contributed by atoms with Gasteiger partial charge in [0.2, 0.25) is 5.91 Å². The van der Waals surface area contributed by atoms with E-state index in [0.29, 0.717) is 40.8 Å². The summed E-state index contributed by atoms with van der Waals surface area (Å²) in [5.41, 5.74) is 10.4. The Morgan fingerprint density at radius 3 is 2.72 bits per heavy atom. The molecule has 11 nitrogen and oxygen atoms in total. The molecule has 5 heterocycles. The molecule has 0 saturated carbocycles. The number of nitrogens with one attached hydrogen (secondary N) is 1. The fraction of sp³-hybridized carbons (Fsp3) is 0.281. The van der Waals surface area contributed by atoms with Gasteiger partial charge in [-0.15, -0.1) is 0 Å². The zero-order valence-electron chi connectivity index (χ0n) is 23.6. The Labute approximate surface area is 248 Å². The van der Waals surface area contributed by atoms with E-state index in [9.17, 15) is 9.59 Å². The highest BCUT2D eigenvalue weighted by Crippen LogP contribution is 2.32. The molecule has 0 aliphatic carbocycles. The monoisotopic (exact) mass is 576 g/mol. The van der Waals surface area contributed by atoms with Crippen LogP contribution in [0.15, 0.2) is 77.6 Å². The quantitative estimate of drug-likeness (QED) is 0.271. The number of carbonyl (C=O) groups excluding carboxylic acids is 2. The van der Waals surface area contributed by atoms with Crippen LogP contribution >= 0.6 is 0 Å². The lowest BCUT2D eigenvalue weighted by molar-refractivity contribution is -0.125. The normalized spacial score (nSPS) is 17.5. The number of nitrogen functional groups attached to an aromatic ring is 1. The summed E-state index contributed by atoms with van der Waals surface area (Å²) in [6.45, 7) is 4.11. The molecule has 2 amide bonds. The third kappa shape index (κ3) is 5.35. The second-order valence-corrected chi connectivity index (χ2v) is 11.1. The molecule has 43 heavy (non-hydrogen) atoms. The molecule has 3 aromatic heterocycles. The number of benzene rings is 2. The van der Waals surface area contributed by atoms with Crippen LogP contribution in [-0.2, 0) is 4.79 Å². The summed E-state index contributed by atoms with van der Waals surface area (Å²) in [7, 11) is 0. The second kappa shape index (κ2) is 11.3.